The second kappa shape index (κ2) is 9.01. The van der Waals surface area contributed by atoms with Crippen LogP contribution in [-0.4, -0.2) is 36.1 Å². The van der Waals surface area contributed by atoms with Gasteiger partial charge in [0.15, 0.2) is 0 Å². The first kappa shape index (κ1) is 21.2. The van der Waals surface area contributed by atoms with Gasteiger partial charge < -0.3 is 14.8 Å². The number of ether oxygens (including phenoxy) is 2. The van der Waals surface area contributed by atoms with Crippen molar-refractivity contribution in [3.05, 3.63) is 46.7 Å². The molecular formula is C23H25N3O4S. The van der Waals surface area contributed by atoms with Crippen LogP contribution in [0.4, 0.5) is 5.69 Å². The Kier molecular flexibility index (Phi) is 6.18. The molecular weight excluding hydrogens is 414 g/mol. The Morgan fingerprint density at radius 1 is 1.10 bits per heavy atom. The number of anilines is 1. The molecule has 0 aliphatic heterocycles. The molecule has 1 aliphatic rings. The highest BCUT2D eigenvalue weighted by Gasteiger charge is 2.29. The number of hydrogen-bond acceptors (Lipinski definition) is 7. The first-order chi connectivity index (χ1) is 15.0. The quantitative estimate of drug-likeness (QED) is 0.579. The number of pyridine rings is 1. The molecule has 0 unspecified atom stereocenters. The minimum absolute atomic E-state index is 0.00669. The van der Waals surface area contributed by atoms with Crippen molar-refractivity contribution in [2.75, 3.05) is 19.5 Å². The van der Waals surface area contributed by atoms with Gasteiger partial charge in [-0.05, 0) is 50.8 Å². The van der Waals surface area contributed by atoms with Crippen molar-refractivity contribution >= 4 is 39.1 Å². The molecule has 162 valence electrons. The van der Waals surface area contributed by atoms with E-state index < -0.39 is 0 Å². The fourth-order valence-electron chi connectivity index (χ4n) is 4.01. The first-order valence-electron chi connectivity index (χ1n) is 10.3. The molecule has 1 amide bonds. The zero-order valence-electron chi connectivity index (χ0n) is 17.8. The van der Waals surface area contributed by atoms with Crippen molar-refractivity contribution in [1.29, 1.82) is 0 Å². The van der Waals surface area contributed by atoms with Crippen molar-refractivity contribution in [1.82, 2.24) is 9.97 Å². The Labute approximate surface area is 184 Å². The van der Waals surface area contributed by atoms with Crippen molar-refractivity contribution in [2.45, 2.75) is 38.5 Å². The minimum Gasteiger partial charge on any atom is -0.494 e. The van der Waals surface area contributed by atoms with Gasteiger partial charge in [0, 0.05) is 17.7 Å². The average Bonchev–Trinajstić information content (AvgIpc) is 3.21. The van der Waals surface area contributed by atoms with Crippen molar-refractivity contribution < 1.29 is 19.1 Å². The predicted molar refractivity (Wildman–Crippen MR) is 120 cm³/mol. The van der Waals surface area contributed by atoms with Crippen LogP contribution in [0, 0.1) is 12.8 Å². The molecule has 2 heterocycles. The van der Waals surface area contributed by atoms with Gasteiger partial charge in [-0.25, -0.2) is 9.97 Å². The molecule has 1 N–H and O–H groups in total. The van der Waals surface area contributed by atoms with Crippen LogP contribution in [0.15, 0.2) is 30.3 Å². The van der Waals surface area contributed by atoms with Crippen molar-refractivity contribution in [3.63, 3.8) is 0 Å². The Hall–Kier alpha value is -3.00. The van der Waals surface area contributed by atoms with Gasteiger partial charge in [-0.2, -0.15) is 0 Å². The van der Waals surface area contributed by atoms with Gasteiger partial charge in [0.2, 0.25) is 0 Å². The topological polar surface area (TPSA) is 90.4 Å². The fourth-order valence-corrected chi connectivity index (χ4v) is 5.17. The first-order valence-corrected chi connectivity index (χ1v) is 11.1. The van der Waals surface area contributed by atoms with Gasteiger partial charge in [-0.1, -0.05) is 6.07 Å². The van der Waals surface area contributed by atoms with E-state index in [9.17, 15) is 9.59 Å². The Balaban J connectivity index is 1.55. The number of thiazole rings is 1. The number of methoxy groups -OCH3 is 2. The monoisotopic (exact) mass is 439 g/mol. The van der Waals surface area contributed by atoms with E-state index in [4.69, 9.17) is 14.5 Å². The molecule has 0 spiro atoms. The van der Waals surface area contributed by atoms with Gasteiger partial charge in [0.05, 0.1) is 41.0 Å². The average molecular weight is 440 g/mol. The van der Waals surface area contributed by atoms with Crippen molar-refractivity contribution in [3.8, 4) is 5.75 Å². The molecule has 0 radical (unpaired) electrons. The van der Waals surface area contributed by atoms with Gasteiger partial charge >= 0.3 is 5.97 Å². The van der Waals surface area contributed by atoms with E-state index >= 15 is 0 Å². The number of hydrogen-bond donors (Lipinski definition) is 1. The Morgan fingerprint density at radius 3 is 2.55 bits per heavy atom. The minimum atomic E-state index is -0.285. The van der Waals surface area contributed by atoms with Gasteiger partial charge in [-0.3, -0.25) is 9.59 Å². The predicted octanol–water partition coefficient (Wildman–Crippen LogP) is 4.71. The van der Waals surface area contributed by atoms with Gasteiger partial charge in [0.1, 0.15) is 11.4 Å². The smallest absolute Gasteiger partial charge is 0.308 e. The number of fused-ring (bicyclic) bond motifs is 1. The fraction of sp³-hybridized carbons (Fsp3) is 0.391. The molecule has 7 nitrogen and oxygen atoms in total. The third-order valence-corrected chi connectivity index (χ3v) is 6.89. The maximum atomic E-state index is 12.7. The van der Waals surface area contributed by atoms with Crippen LogP contribution in [0.1, 0.15) is 52.8 Å². The molecule has 0 atom stereocenters. The number of rotatable bonds is 5. The lowest BCUT2D eigenvalue weighted by Crippen LogP contribution is -2.22. The maximum Gasteiger partial charge on any atom is 0.308 e. The molecule has 31 heavy (non-hydrogen) atoms. The van der Waals surface area contributed by atoms with E-state index in [1.165, 1.54) is 7.11 Å². The molecule has 1 fully saturated rings. The van der Waals surface area contributed by atoms with Gasteiger partial charge in [0.25, 0.3) is 5.91 Å². The number of aryl methyl sites for hydroxylation is 1. The van der Waals surface area contributed by atoms with Crippen LogP contribution in [0.5, 0.6) is 5.75 Å². The maximum absolute atomic E-state index is 12.7. The molecule has 1 aliphatic carbocycles. The number of carbonyl (C=O) groups is 2. The summed E-state index contributed by atoms with van der Waals surface area (Å²) < 4.78 is 11.4. The summed E-state index contributed by atoms with van der Waals surface area (Å²) in [5.74, 6) is 0.481. The lowest BCUT2D eigenvalue weighted by molar-refractivity contribution is -0.146. The van der Waals surface area contributed by atoms with E-state index in [-0.39, 0.29) is 17.8 Å². The van der Waals surface area contributed by atoms with E-state index in [2.05, 4.69) is 10.3 Å². The molecule has 0 saturated heterocycles. The lowest BCUT2D eigenvalue weighted by Gasteiger charge is -2.25. The molecule has 2 aromatic heterocycles. The van der Waals surface area contributed by atoms with Crippen LogP contribution in [-0.2, 0) is 9.53 Å². The summed E-state index contributed by atoms with van der Waals surface area (Å²) in [5.41, 5.74) is 2.57. The second-order valence-corrected chi connectivity index (χ2v) is 8.82. The highest BCUT2D eigenvalue weighted by Crippen LogP contribution is 2.41. The van der Waals surface area contributed by atoms with Crippen LogP contribution < -0.4 is 10.1 Å². The normalized spacial score (nSPS) is 18.5. The van der Waals surface area contributed by atoms with Crippen LogP contribution in [0.2, 0.25) is 0 Å². The van der Waals surface area contributed by atoms with E-state index in [1.807, 2.05) is 31.2 Å². The molecule has 4 rings (SSSR count). The molecule has 3 aromatic rings. The summed E-state index contributed by atoms with van der Waals surface area (Å²) in [7, 11) is 3.02. The van der Waals surface area contributed by atoms with Crippen LogP contribution in [0.25, 0.3) is 10.2 Å². The summed E-state index contributed by atoms with van der Waals surface area (Å²) in [6.07, 6.45) is 3.47. The highest BCUT2D eigenvalue weighted by atomic mass is 32.1. The van der Waals surface area contributed by atoms with E-state index in [0.717, 1.165) is 46.6 Å². The Bertz CT molecular complexity index is 1120. The second-order valence-electron chi connectivity index (χ2n) is 7.76. The number of carbonyl (C=O) groups excluding carboxylic acids is 2. The van der Waals surface area contributed by atoms with Crippen molar-refractivity contribution in [2.24, 2.45) is 5.92 Å². The van der Waals surface area contributed by atoms with Crippen LogP contribution in [0.3, 0.4) is 0 Å². The summed E-state index contributed by atoms with van der Waals surface area (Å²) in [4.78, 5) is 33.5. The summed E-state index contributed by atoms with van der Waals surface area (Å²) >= 11 is 1.63. The standard InChI is InChI=1S/C23H25N3O4S/c1-13-5-4-6-16(24-13)21(27)25-17-12-20-18(11-19(17)29-2)26-22(31-20)14-7-9-15(10-8-14)23(28)30-3/h4-6,11-12,14-15H,7-10H2,1-3H3,(H,25,27)/t14-,15-. The zero-order valence-corrected chi connectivity index (χ0v) is 18.6. The Morgan fingerprint density at radius 2 is 1.87 bits per heavy atom. The molecule has 1 aromatic carbocycles. The van der Waals surface area contributed by atoms with E-state index in [0.29, 0.717) is 23.0 Å². The third-order valence-electron chi connectivity index (χ3n) is 5.71. The van der Waals surface area contributed by atoms with Crippen LogP contribution >= 0.6 is 11.3 Å². The summed E-state index contributed by atoms with van der Waals surface area (Å²) in [5, 5.41) is 3.97. The summed E-state index contributed by atoms with van der Waals surface area (Å²) in [6.45, 7) is 1.85. The highest BCUT2D eigenvalue weighted by molar-refractivity contribution is 7.18. The molecule has 1 saturated carbocycles. The number of amides is 1. The number of benzene rings is 1. The lowest BCUT2D eigenvalue weighted by atomic mass is 9.82. The third kappa shape index (κ3) is 4.54. The number of aromatic nitrogens is 2. The number of esters is 1. The largest absolute Gasteiger partial charge is 0.494 e. The van der Waals surface area contributed by atoms with Gasteiger partial charge in [-0.15, -0.1) is 11.3 Å². The number of nitrogens with one attached hydrogen (secondary N) is 1. The van der Waals surface area contributed by atoms with E-state index in [1.54, 1.807) is 24.5 Å². The molecule has 8 heteroatoms. The summed E-state index contributed by atoms with van der Waals surface area (Å²) in [6, 6.07) is 9.10. The SMILES string of the molecule is COc1cc2nc([C@H]3CC[C@H](C(=O)OC)CC3)sc2cc1NC(=O)c1cccc(C)n1. The number of nitrogens with zero attached hydrogens (tertiary/aromatic N) is 2. The molecule has 0 bridgehead atoms. The zero-order chi connectivity index (χ0) is 22.0.